The van der Waals surface area contributed by atoms with E-state index < -0.39 is 0 Å². The Bertz CT molecular complexity index is 892. The smallest absolute Gasteiger partial charge is 0.247 e. The lowest BCUT2D eigenvalue weighted by Gasteiger charge is -2.33. The molecule has 1 aromatic carbocycles. The number of nitrogens with zero attached hydrogens (tertiary/aromatic N) is 4. The number of rotatable bonds is 6. The third-order valence-corrected chi connectivity index (χ3v) is 5.05. The van der Waals surface area contributed by atoms with Crippen molar-refractivity contribution in [3.8, 4) is 11.5 Å². The molecule has 0 bridgehead atoms. The first-order chi connectivity index (χ1) is 13.7. The number of furan rings is 1. The number of likely N-dealkylation sites (tertiary alicyclic amines) is 1. The topological polar surface area (TPSA) is 75.6 Å². The number of piperidine rings is 1. The van der Waals surface area contributed by atoms with E-state index in [1.54, 1.807) is 18.2 Å². The molecule has 1 saturated heterocycles. The second-order valence-corrected chi connectivity index (χ2v) is 7.21. The Morgan fingerprint density at radius 2 is 2.07 bits per heavy atom. The van der Waals surface area contributed by atoms with Crippen LogP contribution in [0.25, 0.3) is 11.5 Å². The van der Waals surface area contributed by atoms with Crippen LogP contribution in [0.4, 0.5) is 0 Å². The Kier molecular flexibility index (Phi) is 5.53. The van der Waals surface area contributed by atoms with E-state index >= 15 is 0 Å². The molecule has 0 aliphatic carbocycles. The first-order valence-corrected chi connectivity index (χ1v) is 9.56. The van der Waals surface area contributed by atoms with Gasteiger partial charge in [0.05, 0.1) is 25.3 Å². The number of carbonyl (C=O) groups excluding carboxylic acids is 1. The number of amides is 1. The summed E-state index contributed by atoms with van der Waals surface area (Å²) in [6.45, 7) is 2.78. The minimum absolute atomic E-state index is 0.0229. The van der Waals surface area contributed by atoms with Gasteiger partial charge >= 0.3 is 0 Å². The lowest BCUT2D eigenvalue weighted by atomic mass is 9.96. The van der Waals surface area contributed by atoms with Gasteiger partial charge in [-0.05, 0) is 43.7 Å². The van der Waals surface area contributed by atoms with Gasteiger partial charge in [0, 0.05) is 19.2 Å². The van der Waals surface area contributed by atoms with Crippen LogP contribution in [-0.4, -0.2) is 46.0 Å². The van der Waals surface area contributed by atoms with E-state index in [2.05, 4.69) is 15.1 Å². The maximum absolute atomic E-state index is 12.9. The van der Waals surface area contributed by atoms with Gasteiger partial charge in [-0.15, -0.1) is 10.2 Å². The van der Waals surface area contributed by atoms with E-state index in [1.165, 1.54) is 0 Å². The molecule has 1 fully saturated rings. The number of carbonyl (C=O) groups is 1. The molecule has 0 radical (unpaired) electrons. The van der Waals surface area contributed by atoms with Crippen LogP contribution in [0, 0.1) is 5.92 Å². The molecule has 0 spiro atoms. The van der Waals surface area contributed by atoms with Gasteiger partial charge in [-0.2, -0.15) is 0 Å². The fourth-order valence-electron chi connectivity index (χ4n) is 3.63. The number of hydrogen-bond donors (Lipinski definition) is 0. The van der Waals surface area contributed by atoms with Gasteiger partial charge in [0.2, 0.25) is 17.7 Å². The Morgan fingerprint density at radius 1 is 1.21 bits per heavy atom. The summed E-state index contributed by atoms with van der Waals surface area (Å²) in [4.78, 5) is 16.9. The van der Waals surface area contributed by atoms with Crippen LogP contribution < -0.4 is 0 Å². The molecule has 2 aromatic heterocycles. The van der Waals surface area contributed by atoms with E-state index in [-0.39, 0.29) is 11.8 Å². The van der Waals surface area contributed by atoms with Crippen molar-refractivity contribution in [3.63, 3.8) is 0 Å². The summed E-state index contributed by atoms with van der Waals surface area (Å²) in [6.07, 6.45) is 3.59. The molecule has 0 saturated carbocycles. The van der Waals surface area contributed by atoms with E-state index in [0.29, 0.717) is 18.3 Å². The van der Waals surface area contributed by atoms with E-state index in [1.807, 2.05) is 42.5 Å². The summed E-state index contributed by atoms with van der Waals surface area (Å²) in [5.41, 5.74) is 0.871. The molecule has 1 atom stereocenters. The van der Waals surface area contributed by atoms with Crippen LogP contribution in [-0.2, 0) is 17.9 Å². The molecule has 146 valence electrons. The van der Waals surface area contributed by atoms with E-state index in [4.69, 9.17) is 8.83 Å². The Labute approximate surface area is 164 Å². The molecule has 0 unspecified atom stereocenters. The second-order valence-electron chi connectivity index (χ2n) is 7.21. The molecule has 3 heterocycles. The fraction of sp³-hybridized carbons (Fsp3) is 0.381. The molecular formula is C21H24N4O3. The first-order valence-electron chi connectivity index (χ1n) is 9.56. The monoisotopic (exact) mass is 380 g/mol. The van der Waals surface area contributed by atoms with Crippen molar-refractivity contribution in [2.45, 2.75) is 25.9 Å². The second kappa shape index (κ2) is 8.39. The summed E-state index contributed by atoms with van der Waals surface area (Å²) in [5, 5.41) is 8.18. The van der Waals surface area contributed by atoms with Crippen molar-refractivity contribution in [3.05, 3.63) is 60.4 Å². The highest BCUT2D eigenvalue weighted by molar-refractivity contribution is 5.78. The number of benzene rings is 1. The third-order valence-electron chi connectivity index (χ3n) is 5.05. The molecule has 1 amide bonds. The first kappa shape index (κ1) is 18.4. The quantitative estimate of drug-likeness (QED) is 0.654. The average Bonchev–Trinajstić information content (AvgIpc) is 3.40. The molecule has 0 N–H and O–H groups in total. The van der Waals surface area contributed by atoms with E-state index in [0.717, 1.165) is 43.8 Å². The van der Waals surface area contributed by atoms with Crippen LogP contribution in [0.15, 0.2) is 57.6 Å². The zero-order chi connectivity index (χ0) is 19.3. The largest absolute Gasteiger partial charge is 0.468 e. The SMILES string of the molecule is CN(Cc1nnc(-c2ccccc2)o1)C(=O)[C@H]1CCCN(Cc2ccco2)C1. The number of hydrogen-bond acceptors (Lipinski definition) is 6. The normalized spacial score (nSPS) is 17.5. The minimum Gasteiger partial charge on any atom is -0.468 e. The van der Waals surface area contributed by atoms with Gasteiger partial charge in [0.1, 0.15) is 5.76 Å². The van der Waals surface area contributed by atoms with Crippen LogP contribution in [0.1, 0.15) is 24.5 Å². The van der Waals surface area contributed by atoms with Crippen LogP contribution in [0.5, 0.6) is 0 Å². The lowest BCUT2D eigenvalue weighted by Crippen LogP contribution is -2.43. The van der Waals surface area contributed by atoms with Gasteiger partial charge in [-0.1, -0.05) is 18.2 Å². The Morgan fingerprint density at radius 3 is 2.86 bits per heavy atom. The van der Waals surface area contributed by atoms with Crippen molar-refractivity contribution < 1.29 is 13.6 Å². The third kappa shape index (κ3) is 4.31. The molecule has 1 aliphatic heterocycles. The highest BCUT2D eigenvalue weighted by Crippen LogP contribution is 2.22. The lowest BCUT2D eigenvalue weighted by molar-refractivity contribution is -0.137. The van der Waals surface area contributed by atoms with Crippen molar-refractivity contribution in [2.24, 2.45) is 5.92 Å². The zero-order valence-corrected chi connectivity index (χ0v) is 16.0. The summed E-state index contributed by atoms with van der Waals surface area (Å²) in [6, 6.07) is 13.5. The Balaban J connectivity index is 1.35. The standard InChI is InChI=1S/C21H24N4O3/c1-24(15-19-22-23-20(28-19)16-7-3-2-4-8-16)21(26)17-9-5-11-25(13-17)14-18-10-6-12-27-18/h2-4,6-8,10,12,17H,5,9,11,13-15H2,1H3/t17-/m0/s1. The van der Waals surface area contributed by atoms with Gasteiger partial charge in [-0.3, -0.25) is 9.69 Å². The molecule has 1 aliphatic rings. The van der Waals surface area contributed by atoms with Gasteiger partial charge in [0.25, 0.3) is 0 Å². The molecular weight excluding hydrogens is 356 g/mol. The summed E-state index contributed by atoms with van der Waals surface area (Å²) in [5.74, 6) is 1.94. The van der Waals surface area contributed by atoms with Crippen molar-refractivity contribution in [2.75, 3.05) is 20.1 Å². The predicted molar refractivity (Wildman–Crippen MR) is 103 cm³/mol. The highest BCUT2D eigenvalue weighted by atomic mass is 16.4. The van der Waals surface area contributed by atoms with Crippen molar-refractivity contribution in [1.29, 1.82) is 0 Å². The molecule has 4 rings (SSSR count). The van der Waals surface area contributed by atoms with Crippen molar-refractivity contribution in [1.82, 2.24) is 20.0 Å². The van der Waals surface area contributed by atoms with Gasteiger partial charge in [-0.25, -0.2) is 0 Å². The average molecular weight is 380 g/mol. The van der Waals surface area contributed by atoms with Crippen LogP contribution in [0.3, 0.4) is 0 Å². The van der Waals surface area contributed by atoms with E-state index in [9.17, 15) is 4.79 Å². The van der Waals surface area contributed by atoms with Gasteiger partial charge in [0.15, 0.2) is 0 Å². The fourth-order valence-corrected chi connectivity index (χ4v) is 3.63. The van der Waals surface area contributed by atoms with Gasteiger partial charge < -0.3 is 13.7 Å². The predicted octanol–water partition coefficient (Wildman–Crippen LogP) is 3.20. The minimum atomic E-state index is -0.0229. The maximum atomic E-state index is 12.9. The highest BCUT2D eigenvalue weighted by Gasteiger charge is 2.29. The molecule has 3 aromatic rings. The summed E-state index contributed by atoms with van der Waals surface area (Å²) in [7, 11) is 1.79. The number of aromatic nitrogens is 2. The van der Waals surface area contributed by atoms with Crippen LogP contribution >= 0.6 is 0 Å². The maximum Gasteiger partial charge on any atom is 0.247 e. The molecule has 7 heteroatoms. The van der Waals surface area contributed by atoms with Crippen molar-refractivity contribution >= 4 is 5.91 Å². The zero-order valence-electron chi connectivity index (χ0n) is 16.0. The summed E-state index contributed by atoms with van der Waals surface area (Å²) < 4.78 is 11.2. The molecule has 28 heavy (non-hydrogen) atoms. The molecule has 7 nitrogen and oxygen atoms in total. The van der Waals surface area contributed by atoms with Crippen LogP contribution in [0.2, 0.25) is 0 Å². The summed E-state index contributed by atoms with van der Waals surface area (Å²) >= 11 is 0. The Hall–Kier alpha value is -2.93.